The van der Waals surface area contributed by atoms with Crippen LogP contribution in [0.3, 0.4) is 0 Å². The van der Waals surface area contributed by atoms with Crippen molar-refractivity contribution in [3.05, 3.63) is 58.6 Å². The maximum absolute atomic E-state index is 10.6. The van der Waals surface area contributed by atoms with Gasteiger partial charge in [0, 0.05) is 23.7 Å². The summed E-state index contributed by atoms with van der Waals surface area (Å²) in [6.07, 6.45) is -0.792. The molecule has 2 aromatic rings. The molecule has 2 aromatic carbocycles. The van der Waals surface area contributed by atoms with Crippen molar-refractivity contribution in [2.75, 3.05) is 27.3 Å². The van der Waals surface area contributed by atoms with Crippen LogP contribution in [0.15, 0.2) is 47.5 Å². The number of halogens is 1. The molecular formula is C20H26ClN3O3. The lowest BCUT2D eigenvalue weighted by atomic mass is 10.1. The summed E-state index contributed by atoms with van der Waals surface area (Å²) in [6.45, 7) is 3.38. The first-order valence-electron chi connectivity index (χ1n) is 8.74. The minimum atomic E-state index is -0.792. The van der Waals surface area contributed by atoms with Crippen molar-refractivity contribution in [1.82, 2.24) is 10.6 Å². The minimum Gasteiger partial charge on any atom is -0.497 e. The first-order valence-corrected chi connectivity index (χ1v) is 9.12. The molecule has 27 heavy (non-hydrogen) atoms. The van der Waals surface area contributed by atoms with Gasteiger partial charge in [-0.2, -0.15) is 0 Å². The molecule has 0 bridgehead atoms. The Morgan fingerprint density at radius 2 is 1.93 bits per heavy atom. The highest BCUT2D eigenvalue weighted by Gasteiger charge is 2.15. The van der Waals surface area contributed by atoms with Crippen molar-refractivity contribution in [2.45, 2.75) is 19.6 Å². The number of nitrogens with zero attached hydrogens (tertiary/aromatic N) is 1. The molecule has 3 N–H and O–H groups in total. The maximum atomic E-state index is 10.6. The van der Waals surface area contributed by atoms with Crippen molar-refractivity contribution in [2.24, 2.45) is 4.99 Å². The van der Waals surface area contributed by atoms with E-state index in [2.05, 4.69) is 15.6 Å². The van der Waals surface area contributed by atoms with Crippen LogP contribution in [0.25, 0.3) is 0 Å². The molecule has 2 rings (SSSR count). The van der Waals surface area contributed by atoms with Gasteiger partial charge in [0.2, 0.25) is 0 Å². The molecule has 0 amide bonds. The van der Waals surface area contributed by atoms with Crippen LogP contribution in [-0.2, 0) is 6.54 Å². The average Bonchev–Trinajstić information content (AvgIpc) is 2.70. The second-order valence-corrected chi connectivity index (χ2v) is 6.20. The van der Waals surface area contributed by atoms with Crippen LogP contribution in [0.1, 0.15) is 24.2 Å². The average molecular weight is 392 g/mol. The predicted molar refractivity (Wildman–Crippen MR) is 109 cm³/mol. The SMILES string of the molecule is CCNC(=NCc1ccccc1Cl)NCC(O)c1cc(OC)ccc1OC. The molecule has 0 aliphatic carbocycles. The first kappa shape index (κ1) is 20.9. The Balaban J connectivity index is 2.07. The molecule has 1 atom stereocenters. The van der Waals surface area contributed by atoms with Crippen LogP contribution in [0, 0.1) is 0 Å². The maximum Gasteiger partial charge on any atom is 0.191 e. The van der Waals surface area contributed by atoms with Gasteiger partial charge in [0.15, 0.2) is 5.96 Å². The predicted octanol–water partition coefficient (Wildman–Crippen LogP) is 3.15. The van der Waals surface area contributed by atoms with Crippen LogP contribution < -0.4 is 20.1 Å². The third-order valence-electron chi connectivity index (χ3n) is 3.97. The number of hydrogen-bond donors (Lipinski definition) is 3. The first-order chi connectivity index (χ1) is 13.1. The van der Waals surface area contributed by atoms with Gasteiger partial charge in [-0.3, -0.25) is 0 Å². The monoisotopic (exact) mass is 391 g/mol. The summed E-state index contributed by atoms with van der Waals surface area (Å²) in [7, 11) is 3.15. The third-order valence-corrected chi connectivity index (χ3v) is 4.34. The summed E-state index contributed by atoms with van der Waals surface area (Å²) in [5.41, 5.74) is 1.58. The standard InChI is InChI=1S/C20H26ClN3O3/c1-4-22-20(23-12-14-7-5-6-8-17(14)21)24-13-18(25)16-11-15(26-2)9-10-19(16)27-3/h5-11,18,25H,4,12-13H2,1-3H3,(H2,22,23,24). The molecule has 0 spiro atoms. The Bertz CT molecular complexity index is 768. The van der Waals surface area contributed by atoms with E-state index in [0.717, 1.165) is 5.56 Å². The fourth-order valence-electron chi connectivity index (χ4n) is 2.54. The molecule has 1 unspecified atom stereocenters. The molecule has 0 aliphatic rings. The molecule has 146 valence electrons. The number of benzene rings is 2. The van der Waals surface area contributed by atoms with Gasteiger partial charge < -0.3 is 25.2 Å². The number of methoxy groups -OCH3 is 2. The molecule has 0 saturated heterocycles. The Morgan fingerprint density at radius 3 is 2.59 bits per heavy atom. The smallest absolute Gasteiger partial charge is 0.191 e. The quantitative estimate of drug-likeness (QED) is 0.476. The number of aliphatic imine (C=N–C) groups is 1. The largest absolute Gasteiger partial charge is 0.497 e. The van der Waals surface area contributed by atoms with Gasteiger partial charge >= 0.3 is 0 Å². The van der Waals surface area contributed by atoms with Gasteiger partial charge in [-0.1, -0.05) is 29.8 Å². The van der Waals surface area contributed by atoms with Gasteiger partial charge in [-0.15, -0.1) is 0 Å². The molecule has 0 aliphatic heterocycles. The molecule has 6 nitrogen and oxygen atoms in total. The Hall–Kier alpha value is -2.44. The highest BCUT2D eigenvalue weighted by molar-refractivity contribution is 6.31. The van der Waals surface area contributed by atoms with Gasteiger partial charge in [-0.05, 0) is 36.8 Å². The third kappa shape index (κ3) is 6.05. The molecule has 0 aromatic heterocycles. The van der Waals surface area contributed by atoms with Gasteiger partial charge in [-0.25, -0.2) is 4.99 Å². The van der Waals surface area contributed by atoms with Gasteiger partial charge in [0.05, 0.1) is 26.9 Å². The zero-order valence-electron chi connectivity index (χ0n) is 15.8. The summed E-state index contributed by atoms with van der Waals surface area (Å²) in [6, 6.07) is 12.9. The Morgan fingerprint density at radius 1 is 1.15 bits per heavy atom. The fraction of sp³-hybridized carbons (Fsp3) is 0.350. The summed E-state index contributed by atoms with van der Waals surface area (Å²) in [5, 5.41) is 17.6. The second-order valence-electron chi connectivity index (χ2n) is 5.79. The molecular weight excluding hydrogens is 366 g/mol. The highest BCUT2D eigenvalue weighted by Crippen LogP contribution is 2.29. The van der Waals surface area contributed by atoms with Crippen LogP contribution in [-0.4, -0.2) is 38.4 Å². The minimum absolute atomic E-state index is 0.262. The molecule has 7 heteroatoms. The molecule has 0 heterocycles. The normalized spacial score (nSPS) is 12.4. The number of rotatable bonds is 8. The fourth-order valence-corrected chi connectivity index (χ4v) is 2.73. The van der Waals surface area contributed by atoms with Crippen LogP contribution in [0.5, 0.6) is 11.5 Å². The Labute approximate surface area is 165 Å². The van der Waals surface area contributed by atoms with E-state index in [-0.39, 0.29) is 6.54 Å². The number of hydrogen-bond acceptors (Lipinski definition) is 4. The summed E-state index contributed by atoms with van der Waals surface area (Å²) >= 11 is 6.18. The van der Waals surface area contributed by atoms with Crippen molar-refractivity contribution in [1.29, 1.82) is 0 Å². The molecule has 0 radical (unpaired) electrons. The number of aliphatic hydroxyl groups is 1. The summed E-state index contributed by atoms with van der Waals surface area (Å²) < 4.78 is 10.6. The van der Waals surface area contributed by atoms with E-state index in [1.165, 1.54) is 0 Å². The summed E-state index contributed by atoms with van der Waals surface area (Å²) in [5.74, 6) is 1.85. The lowest BCUT2D eigenvalue weighted by Crippen LogP contribution is -2.39. The topological polar surface area (TPSA) is 75.1 Å². The van der Waals surface area contributed by atoms with Crippen LogP contribution >= 0.6 is 11.6 Å². The number of aliphatic hydroxyl groups excluding tert-OH is 1. The molecule has 0 fully saturated rings. The van der Waals surface area contributed by atoms with E-state index < -0.39 is 6.10 Å². The van der Waals surface area contributed by atoms with Crippen LogP contribution in [0.2, 0.25) is 5.02 Å². The van der Waals surface area contributed by atoms with E-state index in [1.807, 2.05) is 31.2 Å². The van der Waals surface area contributed by atoms with Crippen molar-refractivity contribution in [3.63, 3.8) is 0 Å². The summed E-state index contributed by atoms with van der Waals surface area (Å²) in [4.78, 5) is 4.53. The highest BCUT2D eigenvalue weighted by atomic mass is 35.5. The zero-order valence-corrected chi connectivity index (χ0v) is 16.6. The van der Waals surface area contributed by atoms with E-state index in [9.17, 15) is 5.11 Å². The van der Waals surface area contributed by atoms with Crippen molar-refractivity contribution < 1.29 is 14.6 Å². The van der Waals surface area contributed by atoms with E-state index >= 15 is 0 Å². The number of nitrogens with one attached hydrogen (secondary N) is 2. The van der Waals surface area contributed by atoms with E-state index in [4.69, 9.17) is 21.1 Å². The Kier molecular flexibility index (Phi) is 8.23. The van der Waals surface area contributed by atoms with E-state index in [1.54, 1.807) is 32.4 Å². The van der Waals surface area contributed by atoms with Crippen molar-refractivity contribution in [3.8, 4) is 11.5 Å². The second kappa shape index (κ2) is 10.6. The van der Waals surface area contributed by atoms with Crippen molar-refractivity contribution >= 4 is 17.6 Å². The number of guanidine groups is 1. The van der Waals surface area contributed by atoms with E-state index in [0.29, 0.717) is 41.1 Å². The molecule has 0 saturated carbocycles. The number of ether oxygens (including phenoxy) is 2. The van der Waals surface area contributed by atoms with Crippen LogP contribution in [0.4, 0.5) is 0 Å². The van der Waals surface area contributed by atoms with Gasteiger partial charge in [0.1, 0.15) is 11.5 Å². The zero-order chi connectivity index (χ0) is 19.6. The van der Waals surface area contributed by atoms with Gasteiger partial charge in [0.25, 0.3) is 0 Å². The lowest BCUT2D eigenvalue weighted by molar-refractivity contribution is 0.176. The lowest BCUT2D eigenvalue weighted by Gasteiger charge is -2.18.